The summed E-state index contributed by atoms with van der Waals surface area (Å²) < 4.78 is 11.9. The largest absolute Gasteiger partial charge is 0.506 e. The van der Waals surface area contributed by atoms with E-state index in [9.17, 15) is 10.2 Å². The molecule has 0 unspecified atom stereocenters. The number of aromatic hydroxyl groups is 2. The standard InChI is InChI=1S/C22H24N2O4/c1-22(2,3)13-4-9-20(27-14-5-7-16(23)18(25)11-14)21(10-13)28-15-6-8-17(24)19(26)12-15/h4-12,25-26H,23-24H2,1-3H3. The van der Waals surface area contributed by atoms with Crippen molar-refractivity contribution in [2.45, 2.75) is 26.2 Å². The molecule has 0 aliphatic carbocycles. The molecule has 0 atom stereocenters. The molecule has 0 aromatic heterocycles. The van der Waals surface area contributed by atoms with Gasteiger partial charge in [0.25, 0.3) is 0 Å². The molecule has 0 fully saturated rings. The molecule has 6 N–H and O–H groups in total. The van der Waals surface area contributed by atoms with Gasteiger partial charge in [0.15, 0.2) is 11.5 Å². The average Bonchev–Trinajstić information content (AvgIpc) is 2.62. The molecular weight excluding hydrogens is 356 g/mol. The maximum Gasteiger partial charge on any atom is 0.170 e. The second-order valence-corrected chi connectivity index (χ2v) is 7.56. The van der Waals surface area contributed by atoms with E-state index in [1.54, 1.807) is 30.3 Å². The first-order valence-electron chi connectivity index (χ1n) is 8.81. The first-order chi connectivity index (χ1) is 13.1. The molecule has 0 bridgehead atoms. The van der Waals surface area contributed by atoms with E-state index in [-0.39, 0.29) is 28.3 Å². The molecule has 0 heterocycles. The van der Waals surface area contributed by atoms with Crippen molar-refractivity contribution in [1.29, 1.82) is 0 Å². The lowest BCUT2D eigenvalue weighted by Gasteiger charge is -2.21. The zero-order chi connectivity index (χ0) is 20.5. The monoisotopic (exact) mass is 380 g/mol. The quantitative estimate of drug-likeness (QED) is 0.368. The van der Waals surface area contributed by atoms with Gasteiger partial charge in [0.05, 0.1) is 11.4 Å². The second-order valence-electron chi connectivity index (χ2n) is 7.56. The summed E-state index contributed by atoms with van der Waals surface area (Å²) in [6, 6.07) is 15.0. The molecule has 146 valence electrons. The Labute approximate surface area is 164 Å². The van der Waals surface area contributed by atoms with E-state index in [0.717, 1.165) is 5.56 Å². The van der Waals surface area contributed by atoms with E-state index in [1.165, 1.54) is 12.1 Å². The lowest BCUT2D eigenvalue weighted by molar-refractivity contribution is 0.409. The first-order valence-corrected chi connectivity index (χ1v) is 8.81. The van der Waals surface area contributed by atoms with Crippen LogP contribution in [0.5, 0.6) is 34.5 Å². The van der Waals surface area contributed by atoms with Gasteiger partial charge in [-0.15, -0.1) is 0 Å². The number of hydrogen-bond donors (Lipinski definition) is 4. The van der Waals surface area contributed by atoms with Crippen molar-refractivity contribution in [3.05, 3.63) is 60.2 Å². The minimum atomic E-state index is -0.0979. The van der Waals surface area contributed by atoms with Crippen LogP contribution < -0.4 is 20.9 Å². The van der Waals surface area contributed by atoms with Gasteiger partial charge in [-0.2, -0.15) is 0 Å². The second kappa shape index (κ2) is 7.23. The third-order valence-electron chi connectivity index (χ3n) is 4.27. The Morgan fingerprint density at radius 1 is 0.679 bits per heavy atom. The number of nitrogens with two attached hydrogens (primary N) is 2. The summed E-state index contributed by atoms with van der Waals surface area (Å²) in [5, 5.41) is 19.7. The molecule has 0 spiro atoms. The summed E-state index contributed by atoms with van der Waals surface area (Å²) in [5.41, 5.74) is 12.8. The molecule has 3 rings (SSSR count). The normalized spacial score (nSPS) is 11.2. The van der Waals surface area contributed by atoms with Crippen molar-refractivity contribution in [1.82, 2.24) is 0 Å². The molecule has 3 aromatic rings. The van der Waals surface area contributed by atoms with E-state index in [1.807, 2.05) is 12.1 Å². The Hall–Kier alpha value is -3.54. The molecule has 0 saturated heterocycles. The Kier molecular flexibility index (Phi) is 4.96. The molecule has 6 nitrogen and oxygen atoms in total. The molecule has 6 heteroatoms. The van der Waals surface area contributed by atoms with Crippen molar-refractivity contribution in [3.8, 4) is 34.5 Å². The summed E-state index contributed by atoms with van der Waals surface area (Å²) in [5.74, 6) is 1.63. The Bertz CT molecular complexity index is 1010. The molecule has 0 saturated carbocycles. The molecule has 28 heavy (non-hydrogen) atoms. The van der Waals surface area contributed by atoms with E-state index in [0.29, 0.717) is 23.0 Å². The Morgan fingerprint density at radius 2 is 1.18 bits per heavy atom. The van der Waals surface area contributed by atoms with Crippen LogP contribution in [0.15, 0.2) is 54.6 Å². The van der Waals surface area contributed by atoms with Crippen LogP contribution in [0.2, 0.25) is 0 Å². The number of hydrogen-bond acceptors (Lipinski definition) is 6. The van der Waals surface area contributed by atoms with E-state index in [4.69, 9.17) is 20.9 Å². The van der Waals surface area contributed by atoms with Gasteiger partial charge < -0.3 is 31.2 Å². The number of rotatable bonds is 4. The smallest absolute Gasteiger partial charge is 0.170 e. The minimum absolute atomic E-state index is 0.0598. The van der Waals surface area contributed by atoms with Crippen LogP contribution in [0.1, 0.15) is 26.3 Å². The van der Waals surface area contributed by atoms with Crippen molar-refractivity contribution in [2.75, 3.05) is 11.5 Å². The summed E-state index contributed by atoms with van der Waals surface area (Å²) in [7, 11) is 0. The topological polar surface area (TPSA) is 111 Å². The average molecular weight is 380 g/mol. The highest BCUT2D eigenvalue weighted by Crippen LogP contribution is 2.40. The first kappa shape index (κ1) is 19.2. The number of benzene rings is 3. The zero-order valence-corrected chi connectivity index (χ0v) is 16.1. The number of ether oxygens (including phenoxy) is 2. The van der Waals surface area contributed by atoms with E-state index >= 15 is 0 Å². The third kappa shape index (κ3) is 4.23. The van der Waals surface area contributed by atoms with Crippen LogP contribution in [0.3, 0.4) is 0 Å². The maximum atomic E-state index is 9.85. The van der Waals surface area contributed by atoms with Crippen LogP contribution in [0, 0.1) is 0 Å². The zero-order valence-electron chi connectivity index (χ0n) is 16.1. The number of phenolic OH excluding ortho intramolecular Hbond substituents is 2. The highest BCUT2D eigenvalue weighted by Gasteiger charge is 2.18. The van der Waals surface area contributed by atoms with Crippen molar-refractivity contribution >= 4 is 11.4 Å². The van der Waals surface area contributed by atoms with Gasteiger partial charge in [-0.1, -0.05) is 26.8 Å². The third-order valence-corrected chi connectivity index (χ3v) is 4.27. The number of nitrogen functional groups attached to an aromatic ring is 2. The fraction of sp³-hybridized carbons (Fsp3) is 0.182. The molecule has 0 aliphatic rings. The predicted molar refractivity (Wildman–Crippen MR) is 110 cm³/mol. The van der Waals surface area contributed by atoms with Gasteiger partial charge in [0, 0.05) is 12.1 Å². The van der Waals surface area contributed by atoms with Gasteiger partial charge >= 0.3 is 0 Å². The summed E-state index contributed by atoms with van der Waals surface area (Å²) >= 11 is 0. The fourth-order valence-electron chi connectivity index (χ4n) is 2.57. The van der Waals surface area contributed by atoms with Crippen molar-refractivity contribution in [2.24, 2.45) is 0 Å². The van der Waals surface area contributed by atoms with E-state index < -0.39 is 0 Å². The van der Waals surface area contributed by atoms with Gasteiger partial charge in [-0.3, -0.25) is 0 Å². The number of phenols is 2. The lowest BCUT2D eigenvalue weighted by Crippen LogP contribution is -2.11. The minimum Gasteiger partial charge on any atom is -0.506 e. The van der Waals surface area contributed by atoms with Crippen LogP contribution in [0.4, 0.5) is 11.4 Å². The lowest BCUT2D eigenvalue weighted by atomic mass is 9.87. The van der Waals surface area contributed by atoms with Crippen molar-refractivity contribution < 1.29 is 19.7 Å². The molecule has 3 aromatic carbocycles. The fourth-order valence-corrected chi connectivity index (χ4v) is 2.57. The Balaban J connectivity index is 2.00. The summed E-state index contributed by atoms with van der Waals surface area (Å²) in [4.78, 5) is 0. The molecular formula is C22H24N2O4. The maximum absolute atomic E-state index is 9.85. The van der Waals surface area contributed by atoms with E-state index in [2.05, 4.69) is 20.8 Å². The van der Waals surface area contributed by atoms with Gasteiger partial charge in [0.1, 0.15) is 23.0 Å². The SMILES string of the molecule is CC(C)(C)c1ccc(Oc2ccc(N)c(O)c2)c(Oc2ccc(N)c(O)c2)c1. The Morgan fingerprint density at radius 3 is 1.64 bits per heavy atom. The molecule has 0 radical (unpaired) electrons. The summed E-state index contributed by atoms with van der Waals surface area (Å²) in [6.45, 7) is 6.29. The van der Waals surface area contributed by atoms with Gasteiger partial charge in [0.2, 0.25) is 0 Å². The molecule has 0 aliphatic heterocycles. The van der Waals surface area contributed by atoms with Crippen LogP contribution in [-0.2, 0) is 5.41 Å². The van der Waals surface area contributed by atoms with Crippen molar-refractivity contribution in [3.63, 3.8) is 0 Å². The predicted octanol–water partition coefficient (Wildman–Crippen LogP) is 5.14. The van der Waals surface area contributed by atoms with Crippen LogP contribution >= 0.6 is 0 Å². The highest BCUT2D eigenvalue weighted by molar-refractivity contribution is 5.58. The summed E-state index contributed by atoms with van der Waals surface area (Å²) in [6.07, 6.45) is 0. The highest BCUT2D eigenvalue weighted by atomic mass is 16.5. The van der Waals surface area contributed by atoms with Gasteiger partial charge in [-0.05, 0) is 47.4 Å². The van der Waals surface area contributed by atoms with Crippen LogP contribution in [-0.4, -0.2) is 10.2 Å². The van der Waals surface area contributed by atoms with Gasteiger partial charge in [-0.25, -0.2) is 0 Å². The van der Waals surface area contributed by atoms with Crippen LogP contribution in [0.25, 0.3) is 0 Å². The molecule has 0 amide bonds. The number of anilines is 2.